The lowest BCUT2D eigenvalue weighted by Gasteiger charge is -2.05. The van der Waals surface area contributed by atoms with Gasteiger partial charge < -0.3 is 4.74 Å². The van der Waals surface area contributed by atoms with Gasteiger partial charge in [-0.15, -0.1) is 0 Å². The highest BCUT2D eigenvalue weighted by atomic mass is 16.6. The van der Waals surface area contributed by atoms with Crippen LogP contribution >= 0.6 is 0 Å². The number of rotatable bonds is 2. The first-order valence-electron chi connectivity index (χ1n) is 5.45. The topological polar surface area (TPSA) is 43.4 Å². The fraction of sp³-hybridized carbons (Fsp3) is 0.143. The molecular formula is C14H12O3. The first-order valence-corrected chi connectivity index (χ1v) is 5.45. The molecule has 17 heavy (non-hydrogen) atoms. The highest BCUT2D eigenvalue weighted by Gasteiger charge is 2.13. The van der Waals surface area contributed by atoms with Gasteiger partial charge in [-0.1, -0.05) is 43.3 Å². The molecule has 0 spiro atoms. The quantitative estimate of drug-likeness (QED) is 0.586. The van der Waals surface area contributed by atoms with Crippen LogP contribution in [0.25, 0.3) is 10.8 Å². The van der Waals surface area contributed by atoms with Crippen LogP contribution in [0.4, 0.5) is 0 Å². The maximum atomic E-state index is 11.8. The van der Waals surface area contributed by atoms with Gasteiger partial charge >= 0.3 is 11.9 Å². The molecule has 0 N–H and O–H groups in total. The minimum atomic E-state index is -0.589. The summed E-state index contributed by atoms with van der Waals surface area (Å²) in [6.07, 6.45) is 0.191. The molecule has 0 fully saturated rings. The molecule has 0 bridgehead atoms. The van der Waals surface area contributed by atoms with Crippen LogP contribution in [-0.2, 0) is 9.53 Å². The molecule has 3 heteroatoms. The molecule has 0 aliphatic rings. The Hall–Kier alpha value is -2.16. The van der Waals surface area contributed by atoms with Gasteiger partial charge in [-0.05, 0) is 16.8 Å². The fourth-order valence-electron chi connectivity index (χ4n) is 1.63. The fourth-order valence-corrected chi connectivity index (χ4v) is 1.63. The van der Waals surface area contributed by atoms with Crippen LogP contribution in [0.2, 0.25) is 0 Å². The molecule has 2 aromatic rings. The van der Waals surface area contributed by atoms with Crippen molar-refractivity contribution in [2.24, 2.45) is 0 Å². The Kier molecular flexibility index (Phi) is 3.19. The molecule has 3 nitrogen and oxygen atoms in total. The van der Waals surface area contributed by atoms with Crippen molar-refractivity contribution in [3.63, 3.8) is 0 Å². The van der Waals surface area contributed by atoms with Gasteiger partial charge in [0, 0.05) is 6.42 Å². The second-order valence-corrected chi connectivity index (χ2v) is 3.64. The van der Waals surface area contributed by atoms with Crippen LogP contribution in [-0.4, -0.2) is 11.9 Å². The summed E-state index contributed by atoms with van der Waals surface area (Å²) in [6.45, 7) is 1.65. The van der Waals surface area contributed by atoms with Crippen molar-refractivity contribution in [3.8, 4) is 0 Å². The van der Waals surface area contributed by atoms with Crippen molar-refractivity contribution >= 4 is 22.7 Å². The van der Waals surface area contributed by atoms with Crippen LogP contribution in [0.1, 0.15) is 23.7 Å². The van der Waals surface area contributed by atoms with Gasteiger partial charge in [-0.2, -0.15) is 0 Å². The largest absolute Gasteiger partial charge is 0.389 e. The number of carbonyl (C=O) groups is 2. The lowest BCUT2D eigenvalue weighted by Crippen LogP contribution is -2.11. The van der Waals surface area contributed by atoms with E-state index in [1.54, 1.807) is 19.1 Å². The summed E-state index contributed by atoms with van der Waals surface area (Å²) in [5.74, 6) is -1.10. The van der Waals surface area contributed by atoms with Crippen LogP contribution in [0.3, 0.4) is 0 Å². The summed E-state index contributed by atoms with van der Waals surface area (Å²) in [5, 5.41) is 1.75. The van der Waals surface area contributed by atoms with Gasteiger partial charge in [-0.3, -0.25) is 4.79 Å². The second-order valence-electron chi connectivity index (χ2n) is 3.64. The summed E-state index contributed by atoms with van der Waals surface area (Å²) >= 11 is 0. The normalized spacial score (nSPS) is 10.2. The zero-order valence-electron chi connectivity index (χ0n) is 9.47. The Morgan fingerprint density at radius 2 is 1.76 bits per heavy atom. The maximum absolute atomic E-state index is 11.8. The summed E-state index contributed by atoms with van der Waals surface area (Å²) in [6, 6.07) is 12.8. The summed E-state index contributed by atoms with van der Waals surface area (Å²) in [5.41, 5.74) is 0.421. The Morgan fingerprint density at radius 1 is 1.06 bits per heavy atom. The molecule has 86 valence electrons. The number of carbonyl (C=O) groups excluding carboxylic acids is 2. The van der Waals surface area contributed by atoms with Crippen molar-refractivity contribution in [3.05, 3.63) is 48.0 Å². The number of hydrogen-bond donors (Lipinski definition) is 0. The molecule has 0 aliphatic heterocycles. The molecule has 0 heterocycles. The molecule has 0 aliphatic carbocycles. The number of hydrogen-bond acceptors (Lipinski definition) is 3. The standard InChI is InChI=1S/C14H12O3/c1-2-13(15)17-14(16)12-9-5-7-10-6-3-4-8-11(10)12/h3-9H,2H2,1H3. The van der Waals surface area contributed by atoms with Crippen LogP contribution < -0.4 is 0 Å². The van der Waals surface area contributed by atoms with E-state index in [1.165, 1.54) is 0 Å². The van der Waals surface area contributed by atoms with E-state index in [0.717, 1.165) is 10.8 Å². The van der Waals surface area contributed by atoms with E-state index in [0.29, 0.717) is 5.56 Å². The zero-order valence-corrected chi connectivity index (χ0v) is 9.47. The van der Waals surface area contributed by atoms with Crippen molar-refractivity contribution in [2.75, 3.05) is 0 Å². The number of benzene rings is 2. The smallest absolute Gasteiger partial charge is 0.346 e. The molecule has 0 radical (unpaired) electrons. The lowest BCUT2D eigenvalue weighted by atomic mass is 10.1. The van der Waals surface area contributed by atoms with Gasteiger partial charge in [0.1, 0.15) is 0 Å². The Morgan fingerprint density at radius 3 is 2.53 bits per heavy atom. The summed E-state index contributed by atoms with van der Waals surface area (Å²) in [7, 11) is 0. The lowest BCUT2D eigenvalue weighted by molar-refractivity contribution is -0.137. The molecule has 0 aromatic heterocycles. The number of esters is 2. The summed E-state index contributed by atoms with van der Waals surface area (Å²) in [4.78, 5) is 22.9. The Balaban J connectivity index is 2.41. The molecule has 0 saturated carbocycles. The van der Waals surface area contributed by atoms with E-state index < -0.39 is 11.9 Å². The van der Waals surface area contributed by atoms with Crippen LogP contribution in [0.15, 0.2) is 42.5 Å². The van der Waals surface area contributed by atoms with E-state index in [9.17, 15) is 9.59 Å². The predicted molar refractivity (Wildman–Crippen MR) is 64.7 cm³/mol. The highest BCUT2D eigenvalue weighted by molar-refractivity contribution is 6.07. The van der Waals surface area contributed by atoms with Crippen LogP contribution in [0, 0.1) is 0 Å². The van der Waals surface area contributed by atoms with Crippen molar-refractivity contribution < 1.29 is 14.3 Å². The van der Waals surface area contributed by atoms with Gasteiger partial charge in [0.25, 0.3) is 0 Å². The predicted octanol–water partition coefficient (Wildman–Crippen LogP) is 2.93. The van der Waals surface area contributed by atoms with E-state index in [2.05, 4.69) is 0 Å². The van der Waals surface area contributed by atoms with Crippen LogP contribution in [0.5, 0.6) is 0 Å². The summed E-state index contributed by atoms with van der Waals surface area (Å²) < 4.78 is 4.72. The first-order chi connectivity index (χ1) is 8.22. The third kappa shape index (κ3) is 2.33. The SMILES string of the molecule is CCC(=O)OC(=O)c1cccc2ccccc12. The third-order valence-electron chi connectivity index (χ3n) is 2.50. The average molecular weight is 228 g/mol. The minimum absolute atomic E-state index is 0.191. The van der Waals surface area contributed by atoms with Gasteiger partial charge in [0.05, 0.1) is 5.56 Å². The molecule has 0 unspecified atom stereocenters. The number of ether oxygens (including phenoxy) is 1. The van der Waals surface area contributed by atoms with E-state index in [1.807, 2.05) is 30.3 Å². The van der Waals surface area contributed by atoms with Gasteiger partial charge in [0.15, 0.2) is 0 Å². The Labute approximate surface area is 99.0 Å². The minimum Gasteiger partial charge on any atom is -0.389 e. The monoisotopic (exact) mass is 228 g/mol. The molecule has 2 aromatic carbocycles. The first kappa shape index (κ1) is 11.3. The van der Waals surface area contributed by atoms with E-state index in [4.69, 9.17) is 4.74 Å². The van der Waals surface area contributed by atoms with Gasteiger partial charge in [0.2, 0.25) is 0 Å². The van der Waals surface area contributed by atoms with E-state index >= 15 is 0 Å². The zero-order chi connectivity index (χ0) is 12.3. The molecular weight excluding hydrogens is 216 g/mol. The third-order valence-corrected chi connectivity index (χ3v) is 2.50. The second kappa shape index (κ2) is 4.78. The molecule has 0 amide bonds. The maximum Gasteiger partial charge on any atom is 0.346 e. The molecule has 0 atom stereocenters. The van der Waals surface area contributed by atoms with Crippen molar-refractivity contribution in [2.45, 2.75) is 13.3 Å². The molecule has 2 rings (SSSR count). The Bertz CT molecular complexity index is 567. The number of fused-ring (bicyclic) bond motifs is 1. The van der Waals surface area contributed by atoms with E-state index in [-0.39, 0.29) is 6.42 Å². The average Bonchev–Trinajstić information content (AvgIpc) is 2.37. The van der Waals surface area contributed by atoms with Crippen molar-refractivity contribution in [1.29, 1.82) is 0 Å². The van der Waals surface area contributed by atoms with Crippen molar-refractivity contribution in [1.82, 2.24) is 0 Å². The molecule has 0 saturated heterocycles. The highest BCUT2D eigenvalue weighted by Crippen LogP contribution is 2.19. The van der Waals surface area contributed by atoms with Gasteiger partial charge in [-0.25, -0.2) is 4.79 Å².